The van der Waals surface area contributed by atoms with E-state index >= 15 is 0 Å². The van der Waals surface area contributed by atoms with Crippen LogP contribution < -0.4 is 0 Å². The van der Waals surface area contributed by atoms with Gasteiger partial charge in [0.05, 0.1) is 11.4 Å². The zero-order chi connectivity index (χ0) is 16.2. The molecule has 2 rings (SSSR count). The Hall–Kier alpha value is -0.960. The minimum atomic E-state index is 0.00758. The molecule has 21 heavy (non-hydrogen) atoms. The minimum Gasteiger partial charge on any atom is -0.248 e. The Morgan fingerprint density at radius 2 is 1.19 bits per heavy atom. The molecule has 0 spiro atoms. The van der Waals surface area contributed by atoms with Crippen molar-refractivity contribution in [3.63, 3.8) is 0 Å². The van der Waals surface area contributed by atoms with Crippen LogP contribution in [0.3, 0.4) is 0 Å². The number of thiophene rings is 1. The lowest BCUT2D eigenvalue weighted by atomic mass is 9.81. The van der Waals surface area contributed by atoms with Gasteiger partial charge in [-0.1, -0.05) is 62.3 Å². The predicted molar refractivity (Wildman–Crippen MR) is 93.5 cm³/mol. The molecule has 2 heterocycles. The average Bonchev–Trinajstić information content (AvgIpc) is 2.66. The zero-order valence-electron chi connectivity index (χ0n) is 14.9. The molecule has 0 saturated carbocycles. The predicted octanol–water partition coefficient (Wildman–Crippen LogP) is 5.58. The van der Waals surface area contributed by atoms with Gasteiger partial charge in [0.15, 0.2) is 0 Å². The van der Waals surface area contributed by atoms with Crippen molar-refractivity contribution in [1.82, 2.24) is 9.97 Å². The van der Waals surface area contributed by atoms with E-state index in [0.717, 1.165) is 21.7 Å². The smallest absolute Gasteiger partial charge is 0.142 e. The maximum Gasteiger partial charge on any atom is 0.142 e. The molecular weight excluding hydrogens is 276 g/mol. The third-order valence-corrected chi connectivity index (χ3v) is 4.97. The Labute approximate surface area is 133 Å². The summed E-state index contributed by atoms with van der Waals surface area (Å²) in [5.41, 5.74) is 3.47. The molecule has 0 aromatic carbocycles. The van der Waals surface area contributed by atoms with Crippen molar-refractivity contribution < 1.29 is 0 Å². The normalized spacial score (nSPS) is 14.0. The monoisotopic (exact) mass is 304 g/mol. The van der Waals surface area contributed by atoms with Gasteiger partial charge in [0.25, 0.3) is 0 Å². The molecule has 0 radical (unpaired) electrons. The van der Waals surface area contributed by atoms with E-state index in [1.807, 2.05) is 0 Å². The third kappa shape index (κ3) is 3.28. The molecule has 116 valence electrons. The van der Waals surface area contributed by atoms with E-state index in [4.69, 9.17) is 9.97 Å². The van der Waals surface area contributed by atoms with E-state index in [1.54, 1.807) is 11.3 Å². The van der Waals surface area contributed by atoms with Crippen molar-refractivity contribution >= 4 is 21.7 Å². The molecular formula is C18H28N2S. The molecule has 0 N–H and O–H groups in total. The fourth-order valence-corrected chi connectivity index (χ4v) is 3.31. The Balaban J connectivity index is 2.77. The second-order valence-corrected chi connectivity index (χ2v) is 10.0. The minimum absolute atomic E-state index is 0.00758. The molecule has 0 aliphatic carbocycles. The lowest BCUT2D eigenvalue weighted by molar-refractivity contribution is 0.503. The standard InChI is InChI=1S/C18H28N2S/c1-16(2,3)12-10-11-15(21-12)20-14(18(7,8)9)13(19-11)17(4,5)6/h10H,1-9H3. The quantitative estimate of drug-likeness (QED) is 0.634. The molecule has 0 aliphatic heterocycles. The van der Waals surface area contributed by atoms with Crippen molar-refractivity contribution in [2.75, 3.05) is 0 Å². The molecule has 0 bridgehead atoms. The summed E-state index contributed by atoms with van der Waals surface area (Å²) in [5.74, 6) is 0. The van der Waals surface area contributed by atoms with Gasteiger partial charge < -0.3 is 0 Å². The third-order valence-electron chi connectivity index (χ3n) is 3.52. The van der Waals surface area contributed by atoms with Crippen LogP contribution in [0, 0.1) is 0 Å². The Bertz CT molecular complexity index is 610. The summed E-state index contributed by atoms with van der Waals surface area (Å²) in [7, 11) is 0. The number of aromatic nitrogens is 2. The van der Waals surface area contributed by atoms with Crippen LogP contribution in [-0.2, 0) is 16.2 Å². The molecule has 0 saturated heterocycles. The molecule has 3 heteroatoms. The lowest BCUT2D eigenvalue weighted by Crippen LogP contribution is -2.25. The van der Waals surface area contributed by atoms with Crippen LogP contribution in [0.25, 0.3) is 10.3 Å². The first kappa shape index (κ1) is 16.4. The van der Waals surface area contributed by atoms with Crippen LogP contribution >= 0.6 is 11.3 Å². The highest BCUT2D eigenvalue weighted by Gasteiger charge is 2.29. The van der Waals surface area contributed by atoms with Gasteiger partial charge in [-0.3, -0.25) is 0 Å². The number of nitrogens with zero attached hydrogens (tertiary/aromatic N) is 2. The first-order valence-corrected chi connectivity index (χ1v) is 8.45. The topological polar surface area (TPSA) is 25.8 Å². The highest BCUT2D eigenvalue weighted by molar-refractivity contribution is 7.18. The summed E-state index contributed by atoms with van der Waals surface area (Å²) in [6.45, 7) is 20.0. The highest BCUT2D eigenvalue weighted by atomic mass is 32.1. The number of rotatable bonds is 0. The van der Waals surface area contributed by atoms with Crippen LogP contribution in [0.15, 0.2) is 6.07 Å². The van der Waals surface area contributed by atoms with Gasteiger partial charge in [-0.25, -0.2) is 9.97 Å². The van der Waals surface area contributed by atoms with Gasteiger partial charge in [0.2, 0.25) is 0 Å². The Kier molecular flexibility index (Phi) is 3.73. The second-order valence-electron chi connectivity index (χ2n) is 8.97. The zero-order valence-corrected chi connectivity index (χ0v) is 15.7. The lowest BCUT2D eigenvalue weighted by Gasteiger charge is -2.27. The van der Waals surface area contributed by atoms with E-state index in [9.17, 15) is 0 Å². The summed E-state index contributed by atoms with van der Waals surface area (Å²) in [4.78, 5) is 12.4. The molecule has 0 amide bonds. The summed E-state index contributed by atoms with van der Waals surface area (Å²) in [5, 5.41) is 0. The summed E-state index contributed by atoms with van der Waals surface area (Å²) < 4.78 is 0. The molecule has 0 fully saturated rings. The average molecular weight is 305 g/mol. The largest absolute Gasteiger partial charge is 0.248 e. The van der Waals surface area contributed by atoms with Gasteiger partial charge in [0, 0.05) is 15.7 Å². The van der Waals surface area contributed by atoms with Crippen molar-refractivity contribution in [3.05, 3.63) is 22.3 Å². The first-order valence-electron chi connectivity index (χ1n) is 7.63. The summed E-state index contributed by atoms with van der Waals surface area (Å²) in [6.07, 6.45) is 0. The van der Waals surface area contributed by atoms with Gasteiger partial charge >= 0.3 is 0 Å². The summed E-state index contributed by atoms with van der Waals surface area (Å²) >= 11 is 1.78. The molecule has 0 unspecified atom stereocenters. The Morgan fingerprint density at radius 3 is 1.62 bits per heavy atom. The number of fused-ring (bicyclic) bond motifs is 1. The van der Waals surface area contributed by atoms with Gasteiger partial charge in [0.1, 0.15) is 10.3 Å². The maximum absolute atomic E-state index is 5.00. The maximum atomic E-state index is 5.00. The van der Waals surface area contributed by atoms with Crippen molar-refractivity contribution in [2.24, 2.45) is 0 Å². The van der Waals surface area contributed by atoms with E-state index in [2.05, 4.69) is 68.4 Å². The van der Waals surface area contributed by atoms with Crippen molar-refractivity contribution in [3.8, 4) is 0 Å². The molecule has 2 aromatic heterocycles. The first-order chi connectivity index (χ1) is 9.30. The highest BCUT2D eigenvalue weighted by Crippen LogP contribution is 2.37. The molecule has 2 aromatic rings. The fourth-order valence-electron chi connectivity index (χ4n) is 2.28. The number of hydrogen-bond acceptors (Lipinski definition) is 3. The fraction of sp³-hybridized carbons (Fsp3) is 0.667. The van der Waals surface area contributed by atoms with Crippen LogP contribution in [0.4, 0.5) is 0 Å². The van der Waals surface area contributed by atoms with Crippen LogP contribution in [0.2, 0.25) is 0 Å². The van der Waals surface area contributed by atoms with Crippen molar-refractivity contribution in [2.45, 2.75) is 78.6 Å². The summed E-state index contributed by atoms with van der Waals surface area (Å²) in [6, 6.07) is 2.22. The van der Waals surface area contributed by atoms with Crippen molar-refractivity contribution in [1.29, 1.82) is 0 Å². The molecule has 0 aliphatic rings. The van der Waals surface area contributed by atoms with E-state index in [1.165, 1.54) is 4.88 Å². The SMILES string of the molecule is CC(C)(C)c1cc2nc(C(C)(C)C)c(C(C)(C)C)nc2s1. The number of hydrogen-bond donors (Lipinski definition) is 0. The van der Waals surface area contributed by atoms with Gasteiger partial charge in [-0.15, -0.1) is 11.3 Å². The molecule has 2 nitrogen and oxygen atoms in total. The van der Waals surface area contributed by atoms with E-state index in [-0.39, 0.29) is 16.2 Å². The Morgan fingerprint density at radius 1 is 0.714 bits per heavy atom. The van der Waals surface area contributed by atoms with E-state index in [0.29, 0.717) is 0 Å². The van der Waals surface area contributed by atoms with Crippen LogP contribution in [-0.4, -0.2) is 9.97 Å². The van der Waals surface area contributed by atoms with Gasteiger partial charge in [-0.05, 0) is 11.5 Å². The van der Waals surface area contributed by atoms with Crippen LogP contribution in [0.1, 0.15) is 78.6 Å². The van der Waals surface area contributed by atoms with E-state index < -0.39 is 0 Å². The second kappa shape index (κ2) is 4.77. The molecule has 0 atom stereocenters. The van der Waals surface area contributed by atoms with Gasteiger partial charge in [-0.2, -0.15) is 0 Å². The van der Waals surface area contributed by atoms with Crippen LogP contribution in [0.5, 0.6) is 0 Å².